The van der Waals surface area contributed by atoms with Gasteiger partial charge in [0.15, 0.2) is 0 Å². The van der Waals surface area contributed by atoms with E-state index in [0.717, 1.165) is 5.56 Å². The van der Waals surface area contributed by atoms with E-state index in [9.17, 15) is 14.0 Å². The molecule has 3 aromatic rings. The molecule has 6 heteroatoms. The number of hydrogen-bond acceptors (Lipinski definition) is 3. The van der Waals surface area contributed by atoms with Crippen LogP contribution in [0.25, 0.3) is 10.9 Å². The Hall–Kier alpha value is -3.02. The molecule has 1 aromatic heterocycles. The predicted octanol–water partition coefficient (Wildman–Crippen LogP) is 2.88. The molecule has 0 aliphatic rings. The van der Waals surface area contributed by atoms with Gasteiger partial charge in [-0.3, -0.25) is 14.2 Å². The zero-order chi connectivity index (χ0) is 18.7. The second kappa shape index (κ2) is 7.47. The highest BCUT2D eigenvalue weighted by Crippen LogP contribution is 2.13. The predicted molar refractivity (Wildman–Crippen MR) is 98.3 cm³/mol. The van der Waals surface area contributed by atoms with Gasteiger partial charge in [0, 0.05) is 19.9 Å². The van der Waals surface area contributed by atoms with Gasteiger partial charge in [-0.25, -0.2) is 9.37 Å². The molecule has 26 heavy (non-hydrogen) atoms. The summed E-state index contributed by atoms with van der Waals surface area (Å²) in [7, 11) is 1.66. The van der Waals surface area contributed by atoms with Gasteiger partial charge in [0.1, 0.15) is 11.6 Å². The molecule has 0 aliphatic carbocycles. The van der Waals surface area contributed by atoms with Crippen molar-refractivity contribution in [2.75, 3.05) is 0 Å². The number of nitrogens with one attached hydrogen (secondary N) is 1. The number of nitrogens with zero attached hydrogens (tertiary/aromatic N) is 2. The second-order valence-corrected chi connectivity index (χ2v) is 6.25. The number of halogens is 1. The van der Waals surface area contributed by atoms with E-state index >= 15 is 0 Å². The molecular weight excluding hydrogens is 333 g/mol. The third-order valence-corrected chi connectivity index (χ3v) is 4.40. The van der Waals surface area contributed by atoms with Crippen LogP contribution in [0.2, 0.25) is 0 Å². The van der Waals surface area contributed by atoms with E-state index in [-0.39, 0.29) is 29.7 Å². The first-order valence-electron chi connectivity index (χ1n) is 8.45. The Labute approximate surface area is 150 Å². The third kappa shape index (κ3) is 3.79. The first-order chi connectivity index (χ1) is 12.5. The van der Waals surface area contributed by atoms with Gasteiger partial charge < -0.3 is 5.32 Å². The molecule has 0 saturated heterocycles. The van der Waals surface area contributed by atoms with Crippen LogP contribution in [-0.2, 0) is 18.3 Å². The standard InChI is InChI=1S/C20H20FN3O2/c1-13(14-7-9-15(21)10-8-14)22-19(25)12-11-18-23-17-6-4-3-5-16(17)20(26)24(18)2/h3-10,13H,11-12H2,1-2H3,(H,22,25)/t13-/m1/s1. The fourth-order valence-electron chi connectivity index (χ4n) is 2.86. The van der Waals surface area contributed by atoms with Crippen molar-refractivity contribution in [2.24, 2.45) is 7.05 Å². The first kappa shape index (κ1) is 17.8. The van der Waals surface area contributed by atoms with E-state index in [0.29, 0.717) is 23.1 Å². The summed E-state index contributed by atoms with van der Waals surface area (Å²) >= 11 is 0. The van der Waals surface area contributed by atoms with E-state index in [2.05, 4.69) is 10.3 Å². The molecule has 0 bridgehead atoms. The minimum absolute atomic E-state index is 0.120. The lowest BCUT2D eigenvalue weighted by atomic mass is 10.1. The van der Waals surface area contributed by atoms with Gasteiger partial charge >= 0.3 is 0 Å². The first-order valence-corrected chi connectivity index (χ1v) is 8.45. The summed E-state index contributed by atoms with van der Waals surface area (Å²) in [5, 5.41) is 3.44. The molecule has 0 fully saturated rings. The Morgan fingerprint density at radius 3 is 2.62 bits per heavy atom. The van der Waals surface area contributed by atoms with E-state index in [1.165, 1.54) is 16.7 Å². The number of fused-ring (bicyclic) bond motifs is 1. The summed E-state index contributed by atoms with van der Waals surface area (Å²) in [6.07, 6.45) is 0.572. The zero-order valence-corrected chi connectivity index (χ0v) is 14.7. The minimum atomic E-state index is -0.310. The van der Waals surface area contributed by atoms with Gasteiger partial charge in [0.25, 0.3) is 5.56 Å². The summed E-state index contributed by atoms with van der Waals surface area (Å²) in [5.74, 6) is 0.109. The smallest absolute Gasteiger partial charge is 0.261 e. The Morgan fingerprint density at radius 2 is 1.88 bits per heavy atom. The highest BCUT2D eigenvalue weighted by molar-refractivity contribution is 5.78. The molecular formula is C20H20FN3O2. The van der Waals surface area contributed by atoms with Crippen LogP contribution in [0.3, 0.4) is 0 Å². The lowest BCUT2D eigenvalue weighted by Crippen LogP contribution is -2.28. The van der Waals surface area contributed by atoms with Crippen LogP contribution in [0.15, 0.2) is 53.3 Å². The molecule has 0 aliphatic heterocycles. The molecule has 0 radical (unpaired) electrons. The van der Waals surface area contributed by atoms with E-state index in [4.69, 9.17) is 0 Å². The summed E-state index contributed by atoms with van der Waals surface area (Å²) < 4.78 is 14.5. The average Bonchev–Trinajstić information content (AvgIpc) is 2.64. The largest absolute Gasteiger partial charge is 0.350 e. The SMILES string of the molecule is C[C@@H](NC(=O)CCc1nc2ccccc2c(=O)n1C)c1ccc(F)cc1. The van der Waals surface area contributed by atoms with Crippen LogP contribution in [-0.4, -0.2) is 15.5 Å². The Bertz CT molecular complexity index is 996. The molecule has 1 N–H and O–H groups in total. The van der Waals surface area contributed by atoms with Crippen LogP contribution < -0.4 is 10.9 Å². The van der Waals surface area contributed by atoms with Gasteiger partial charge in [0.05, 0.1) is 16.9 Å². The van der Waals surface area contributed by atoms with Gasteiger partial charge in [0.2, 0.25) is 5.91 Å². The number of carbonyl (C=O) groups is 1. The quantitative estimate of drug-likeness (QED) is 0.767. The molecule has 5 nitrogen and oxygen atoms in total. The summed E-state index contributed by atoms with van der Waals surface area (Å²) in [6, 6.07) is 13.0. The molecule has 2 aromatic carbocycles. The maximum atomic E-state index is 13.0. The topological polar surface area (TPSA) is 64.0 Å². The number of rotatable bonds is 5. The summed E-state index contributed by atoms with van der Waals surface area (Å²) in [5.41, 5.74) is 1.34. The molecule has 1 amide bonds. The molecule has 0 unspecified atom stereocenters. The van der Waals surface area contributed by atoms with Crippen molar-refractivity contribution in [3.05, 3.63) is 76.1 Å². The summed E-state index contributed by atoms with van der Waals surface area (Å²) in [6.45, 7) is 1.84. The van der Waals surface area contributed by atoms with Crippen molar-refractivity contribution in [1.82, 2.24) is 14.9 Å². The number of benzene rings is 2. The van der Waals surface area contributed by atoms with Crippen LogP contribution in [0.1, 0.15) is 30.8 Å². The van der Waals surface area contributed by atoms with Crippen LogP contribution in [0, 0.1) is 5.82 Å². The Balaban J connectivity index is 1.68. The van der Waals surface area contributed by atoms with Gasteiger partial charge in [-0.15, -0.1) is 0 Å². The van der Waals surface area contributed by atoms with Crippen molar-refractivity contribution in [3.8, 4) is 0 Å². The van der Waals surface area contributed by atoms with Gasteiger partial charge in [-0.05, 0) is 36.8 Å². The van der Waals surface area contributed by atoms with E-state index in [1.807, 2.05) is 13.0 Å². The van der Waals surface area contributed by atoms with Gasteiger partial charge in [-0.2, -0.15) is 0 Å². The third-order valence-electron chi connectivity index (χ3n) is 4.40. The number of aryl methyl sites for hydroxylation is 1. The number of aromatic nitrogens is 2. The summed E-state index contributed by atoms with van der Waals surface area (Å²) in [4.78, 5) is 29.1. The van der Waals surface area contributed by atoms with Crippen molar-refractivity contribution < 1.29 is 9.18 Å². The van der Waals surface area contributed by atoms with Gasteiger partial charge in [-0.1, -0.05) is 24.3 Å². The maximum absolute atomic E-state index is 13.0. The number of carbonyl (C=O) groups excluding carboxylic acids is 1. The average molecular weight is 353 g/mol. The molecule has 1 heterocycles. The van der Waals surface area contributed by atoms with Crippen LogP contribution >= 0.6 is 0 Å². The Morgan fingerprint density at radius 1 is 1.19 bits per heavy atom. The highest BCUT2D eigenvalue weighted by Gasteiger charge is 2.12. The zero-order valence-electron chi connectivity index (χ0n) is 14.7. The van der Waals surface area contributed by atoms with E-state index in [1.54, 1.807) is 37.4 Å². The molecule has 1 atom stereocenters. The number of amides is 1. The number of para-hydroxylation sites is 1. The van der Waals surface area contributed by atoms with Crippen molar-refractivity contribution in [2.45, 2.75) is 25.8 Å². The fourth-order valence-corrected chi connectivity index (χ4v) is 2.86. The van der Waals surface area contributed by atoms with Crippen LogP contribution in [0.4, 0.5) is 4.39 Å². The highest BCUT2D eigenvalue weighted by atomic mass is 19.1. The van der Waals surface area contributed by atoms with Crippen LogP contribution in [0.5, 0.6) is 0 Å². The molecule has 3 rings (SSSR count). The fraction of sp³-hybridized carbons (Fsp3) is 0.250. The lowest BCUT2D eigenvalue weighted by molar-refractivity contribution is -0.121. The lowest BCUT2D eigenvalue weighted by Gasteiger charge is -2.15. The second-order valence-electron chi connectivity index (χ2n) is 6.25. The molecule has 0 saturated carbocycles. The number of hydrogen-bond donors (Lipinski definition) is 1. The van der Waals surface area contributed by atoms with E-state index < -0.39 is 0 Å². The molecule has 134 valence electrons. The normalized spacial score (nSPS) is 12.1. The van der Waals surface area contributed by atoms with Crippen molar-refractivity contribution >= 4 is 16.8 Å². The monoisotopic (exact) mass is 353 g/mol. The Kier molecular flexibility index (Phi) is 5.11. The maximum Gasteiger partial charge on any atom is 0.261 e. The minimum Gasteiger partial charge on any atom is -0.350 e. The van der Waals surface area contributed by atoms with Crippen molar-refractivity contribution in [1.29, 1.82) is 0 Å². The van der Waals surface area contributed by atoms with Crippen molar-refractivity contribution in [3.63, 3.8) is 0 Å². The molecule has 0 spiro atoms.